The molecule has 0 saturated heterocycles. The van der Waals surface area contributed by atoms with E-state index >= 15 is 0 Å². The average Bonchev–Trinajstić information content (AvgIpc) is 3.23. The molecular formula is C28H24ClN3S. The molecule has 0 N–H and O–H groups in total. The van der Waals surface area contributed by atoms with Crippen molar-refractivity contribution in [1.82, 2.24) is 9.97 Å². The third-order valence-corrected chi connectivity index (χ3v) is 6.83. The Balaban J connectivity index is 1.69. The normalized spacial score (nSPS) is 11.1. The van der Waals surface area contributed by atoms with Crippen LogP contribution in [-0.4, -0.2) is 9.97 Å². The number of hydrogen-bond donors (Lipinski definition) is 0. The standard InChI is InChI=1S/C28H24ClN3S/c1-19-13-14-23(20(2)15-19)24-18-33-27-25(24)26(30-28(29)31-27)32(16-21-9-5-3-6-10-21)17-22-11-7-4-8-12-22/h3-15,18H,16-17H2,1-2H3. The Morgan fingerprint density at radius 2 is 1.42 bits per heavy atom. The zero-order valence-corrected chi connectivity index (χ0v) is 20.2. The van der Waals surface area contributed by atoms with Crippen LogP contribution >= 0.6 is 22.9 Å². The topological polar surface area (TPSA) is 29.0 Å². The molecule has 0 radical (unpaired) electrons. The lowest BCUT2D eigenvalue weighted by molar-refractivity contribution is 0.786. The molecule has 0 fully saturated rings. The number of halogens is 1. The Bertz CT molecular complexity index is 1360. The summed E-state index contributed by atoms with van der Waals surface area (Å²) in [5.74, 6) is 0.869. The van der Waals surface area contributed by atoms with E-state index in [1.807, 2.05) is 12.1 Å². The number of rotatable bonds is 6. The number of aromatic nitrogens is 2. The van der Waals surface area contributed by atoms with E-state index in [-0.39, 0.29) is 5.28 Å². The van der Waals surface area contributed by atoms with Gasteiger partial charge in [-0.1, -0.05) is 84.4 Å². The minimum absolute atomic E-state index is 0.276. The van der Waals surface area contributed by atoms with Crippen molar-refractivity contribution >= 4 is 39.0 Å². The van der Waals surface area contributed by atoms with Crippen LogP contribution in [0, 0.1) is 13.8 Å². The lowest BCUT2D eigenvalue weighted by Gasteiger charge is -2.25. The van der Waals surface area contributed by atoms with Crippen LogP contribution in [0.15, 0.2) is 84.2 Å². The number of thiophene rings is 1. The Morgan fingerprint density at radius 3 is 2.03 bits per heavy atom. The van der Waals surface area contributed by atoms with Gasteiger partial charge in [0.2, 0.25) is 5.28 Å². The van der Waals surface area contributed by atoms with Crippen LogP contribution in [-0.2, 0) is 13.1 Å². The van der Waals surface area contributed by atoms with Crippen LogP contribution in [0.4, 0.5) is 5.82 Å². The summed E-state index contributed by atoms with van der Waals surface area (Å²) in [6.07, 6.45) is 0. The van der Waals surface area contributed by atoms with Gasteiger partial charge in [-0.15, -0.1) is 11.3 Å². The van der Waals surface area contributed by atoms with Crippen molar-refractivity contribution in [3.05, 3.63) is 112 Å². The summed E-state index contributed by atoms with van der Waals surface area (Å²) in [5, 5.41) is 3.51. The number of fused-ring (bicyclic) bond motifs is 1. The van der Waals surface area contributed by atoms with Crippen molar-refractivity contribution in [3.8, 4) is 11.1 Å². The Hall–Kier alpha value is -3.21. The molecule has 0 amide bonds. The lowest BCUT2D eigenvalue weighted by Crippen LogP contribution is -2.23. The van der Waals surface area contributed by atoms with Gasteiger partial charge in [-0.25, -0.2) is 4.98 Å². The van der Waals surface area contributed by atoms with E-state index in [9.17, 15) is 0 Å². The third-order valence-electron chi connectivity index (χ3n) is 5.79. The van der Waals surface area contributed by atoms with E-state index in [0.717, 1.165) is 34.7 Å². The Morgan fingerprint density at radius 1 is 0.788 bits per heavy atom. The summed E-state index contributed by atoms with van der Waals surface area (Å²) < 4.78 is 0. The minimum Gasteiger partial charge on any atom is -0.347 e. The van der Waals surface area contributed by atoms with Gasteiger partial charge in [0.1, 0.15) is 10.6 Å². The first-order chi connectivity index (χ1) is 16.1. The van der Waals surface area contributed by atoms with Crippen LogP contribution in [0.1, 0.15) is 22.3 Å². The summed E-state index contributed by atoms with van der Waals surface area (Å²) in [5.41, 5.74) is 7.31. The molecule has 0 bridgehead atoms. The number of benzene rings is 3. The van der Waals surface area contributed by atoms with E-state index in [1.165, 1.54) is 27.8 Å². The maximum Gasteiger partial charge on any atom is 0.225 e. The maximum atomic E-state index is 6.44. The molecule has 2 aromatic heterocycles. The smallest absolute Gasteiger partial charge is 0.225 e. The maximum absolute atomic E-state index is 6.44. The number of anilines is 1. The van der Waals surface area contributed by atoms with Crippen LogP contribution in [0.25, 0.3) is 21.3 Å². The van der Waals surface area contributed by atoms with Crippen molar-refractivity contribution in [1.29, 1.82) is 0 Å². The third kappa shape index (κ3) is 4.63. The van der Waals surface area contributed by atoms with Gasteiger partial charge in [0.25, 0.3) is 0 Å². The van der Waals surface area contributed by atoms with Gasteiger partial charge in [-0.2, -0.15) is 4.98 Å². The highest BCUT2D eigenvalue weighted by Crippen LogP contribution is 2.41. The average molecular weight is 470 g/mol. The van der Waals surface area contributed by atoms with E-state index in [1.54, 1.807) is 11.3 Å². The minimum atomic E-state index is 0.276. The lowest BCUT2D eigenvalue weighted by atomic mass is 9.99. The summed E-state index contributed by atoms with van der Waals surface area (Å²) in [7, 11) is 0. The molecule has 0 saturated carbocycles. The van der Waals surface area contributed by atoms with Gasteiger partial charge in [0.05, 0.1) is 5.39 Å². The monoisotopic (exact) mass is 469 g/mol. The van der Waals surface area contributed by atoms with Gasteiger partial charge in [0, 0.05) is 24.0 Å². The second-order valence-corrected chi connectivity index (χ2v) is 9.49. The fourth-order valence-corrected chi connectivity index (χ4v) is 5.40. The molecule has 33 heavy (non-hydrogen) atoms. The molecule has 5 rings (SSSR count). The van der Waals surface area contributed by atoms with E-state index in [0.29, 0.717) is 0 Å². The number of aryl methyl sites for hydroxylation is 2. The molecule has 0 spiro atoms. The quantitative estimate of drug-likeness (QED) is 0.237. The van der Waals surface area contributed by atoms with E-state index in [4.69, 9.17) is 16.6 Å². The Labute approximate surface area is 203 Å². The van der Waals surface area contributed by atoms with Gasteiger partial charge in [0.15, 0.2) is 0 Å². The van der Waals surface area contributed by atoms with E-state index < -0.39 is 0 Å². The molecule has 2 heterocycles. The summed E-state index contributed by atoms with van der Waals surface area (Å²) in [6.45, 7) is 5.73. The first kappa shape index (κ1) is 21.6. The second-order valence-electron chi connectivity index (χ2n) is 8.29. The number of nitrogens with zero attached hydrogens (tertiary/aromatic N) is 3. The van der Waals surface area contributed by atoms with Crippen LogP contribution < -0.4 is 4.90 Å². The van der Waals surface area contributed by atoms with Crippen LogP contribution in [0.5, 0.6) is 0 Å². The van der Waals surface area contributed by atoms with Gasteiger partial charge >= 0.3 is 0 Å². The molecule has 5 aromatic rings. The largest absolute Gasteiger partial charge is 0.347 e. The molecule has 0 aliphatic heterocycles. The predicted octanol–water partition coefficient (Wildman–Crippen LogP) is 7.84. The molecule has 0 aliphatic rings. The molecule has 0 unspecified atom stereocenters. The van der Waals surface area contributed by atoms with Crippen LogP contribution in [0.2, 0.25) is 5.28 Å². The zero-order valence-electron chi connectivity index (χ0n) is 18.6. The molecule has 0 aliphatic carbocycles. The fraction of sp³-hybridized carbons (Fsp3) is 0.143. The van der Waals surface area contributed by atoms with Crippen molar-refractivity contribution in [2.75, 3.05) is 4.90 Å². The molecule has 3 nitrogen and oxygen atoms in total. The molecule has 164 valence electrons. The molecule has 0 atom stereocenters. The van der Waals surface area contributed by atoms with Crippen molar-refractivity contribution in [3.63, 3.8) is 0 Å². The van der Waals surface area contributed by atoms with Gasteiger partial charge < -0.3 is 4.90 Å². The first-order valence-electron chi connectivity index (χ1n) is 10.9. The zero-order chi connectivity index (χ0) is 22.8. The first-order valence-corrected chi connectivity index (χ1v) is 12.2. The summed E-state index contributed by atoms with van der Waals surface area (Å²) in [6, 6.07) is 27.6. The SMILES string of the molecule is Cc1ccc(-c2csc3nc(Cl)nc(N(Cc4ccccc4)Cc4ccccc4)c23)c(C)c1. The highest BCUT2D eigenvalue weighted by molar-refractivity contribution is 7.17. The molecular weight excluding hydrogens is 446 g/mol. The number of hydrogen-bond acceptors (Lipinski definition) is 4. The highest BCUT2D eigenvalue weighted by Gasteiger charge is 2.21. The Kier molecular flexibility index (Phi) is 6.12. The van der Waals surface area contributed by atoms with Crippen LogP contribution in [0.3, 0.4) is 0 Å². The highest BCUT2D eigenvalue weighted by atomic mass is 35.5. The van der Waals surface area contributed by atoms with Crippen molar-refractivity contribution in [2.45, 2.75) is 26.9 Å². The second kappa shape index (κ2) is 9.34. The summed E-state index contributed by atoms with van der Waals surface area (Å²) in [4.78, 5) is 12.6. The predicted molar refractivity (Wildman–Crippen MR) is 140 cm³/mol. The van der Waals surface area contributed by atoms with E-state index in [2.05, 4.69) is 95.8 Å². The molecule has 5 heteroatoms. The molecule has 3 aromatic carbocycles. The van der Waals surface area contributed by atoms with Gasteiger partial charge in [-0.05, 0) is 47.7 Å². The van der Waals surface area contributed by atoms with Crippen molar-refractivity contribution in [2.24, 2.45) is 0 Å². The van der Waals surface area contributed by atoms with Crippen molar-refractivity contribution < 1.29 is 0 Å². The summed E-state index contributed by atoms with van der Waals surface area (Å²) >= 11 is 8.06. The van der Waals surface area contributed by atoms with Gasteiger partial charge in [-0.3, -0.25) is 0 Å². The fourth-order valence-electron chi connectivity index (χ4n) is 4.25.